The van der Waals surface area contributed by atoms with Crippen LogP contribution in [0.1, 0.15) is 19.4 Å². The van der Waals surface area contributed by atoms with E-state index in [0.717, 1.165) is 0 Å². The summed E-state index contributed by atoms with van der Waals surface area (Å²) in [5.74, 6) is -2.81. The van der Waals surface area contributed by atoms with E-state index in [0.29, 0.717) is 5.56 Å². The molecule has 118 valence electrons. The molecule has 1 rings (SSSR count). The van der Waals surface area contributed by atoms with E-state index in [1.807, 2.05) is 0 Å². The first-order valence-electron chi connectivity index (χ1n) is 6.69. The highest BCUT2D eigenvalue weighted by atomic mass is 16.6. The topological polar surface area (TPSA) is 95.7 Å². The van der Waals surface area contributed by atoms with Gasteiger partial charge in [0.1, 0.15) is 0 Å². The Labute approximate surface area is 127 Å². The maximum Gasteiger partial charge on any atom is 0.324 e. The third kappa shape index (κ3) is 4.15. The third-order valence-corrected chi connectivity index (χ3v) is 2.84. The molecule has 0 bridgehead atoms. The summed E-state index contributed by atoms with van der Waals surface area (Å²) in [5.41, 5.74) is 0.504. The van der Waals surface area contributed by atoms with Crippen LogP contribution in [0.2, 0.25) is 0 Å². The molecule has 1 aromatic rings. The molecule has 0 spiro atoms. The van der Waals surface area contributed by atoms with Gasteiger partial charge in [0.25, 0.3) is 5.69 Å². The van der Waals surface area contributed by atoms with Crippen LogP contribution in [-0.4, -0.2) is 30.1 Å². The molecule has 0 aliphatic rings. The molecule has 0 saturated carbocycles. The molecule has 0 aromatic heterocycles. The summed E-state index contributed by atoms with van der Waals surface area (Å²) >= 11 is 0. The van der Waals surface area contributed by atoms with E-state index in [-0.39, 0.29) is 24.5 Å². The molecule has 7 nitrogen and oxygen atoms in total. The molecule has 0 aliphatic carbocycles. The number of esters is 2. The Morgan fingerprint density at radius 1 is 1.14 bits per heavy atom. The van der Waals surface area contributed by atoms with Gasteiger partial charge in [0.2, 0.25) is 0 Å². The molecule has 1 aromatic carbocycles. The molecule has 0 saturated heterocycles. The molecule has 0 atom stereocenters. The fraction of sp³-hybridized carbons (Fsp3) is 0.333. The highest BCUT2D eigenvalue weighted by molar-refractivity contribution is 6.06. The van der Waals surface area contributed by atoms with Crippen molar-refractivity contribution in [2.24, 2.45) is 5.92 Å². The van der Waals surface area contributed by atoms with Crippen molar-refractivity contribution in [3.8, 4) is 0 Å². The average molecular weight is 307 g/mol. The number of rotatable bonds is 7. The van der Waals surface area contributed by atoms with Gasteiger partial charge in [0, 0.05) is 12.1 Å². The normalized spacial score (nSPS) is 10.1. The zero-order valence-corrected chi connectivity index (χ0v) is 12.4. The van der Waals surface area contributed by atoms with Gasteiger partial charge in [0.15, 0.2) is 5.92 Å². The minimum Gasteiger partial charge on any atom is -0.465 e. The van der Waals surface area contributed by atoms with Crippen LogP contribution in [-0.2, 0) is 19.1 Å². The van der Waals surface area contributed by atoms with Crippen LogP contribution in [0.3, 0.4) is 0 Å². The number of nitro groups is 1. The summed E-state index contributed by atoms with van der Waals surface area (Å²) in [4.78, 5) is 34.0. The molecule has 0 fully saturated rings. The molecule has 7 heteroatoms. The summed E-state index contributed by atoms with van der Waals surface area (Å²) in [6, 6.07) is 5.39. The summed E-state index contributed by atoms with van der Waals surface area (Å²) in [7, 11) is 0. The smallest absolute Gasteiger partial charge is 0.324 e. The number of hydrogen-bond acceptors (Lipinski definition) is 6. The number of non-ortho nitro benzene ring substituents is 1. The standard InChI is InChI=1S/C15H17NO6/c1-4-21-14(17)13(15(18)22-5-2)10(3)11-6-8-12(9-7-11)16(19)20/h6-9,13H,3-5H2,1-2H3. The first-order valence-corrected chi connectivity index (χ1v) is 6.69. The Morgan fingerprint density at radius 3 is 1.95 bits per heavy atom. The van der Waals surface area contributed by atoms with Gasteiger partial charge in [0.05, 0.1) is 18.1 Å². The Hall–Kier alpha value is -2.70. The van der Waals surface area contributed by atoms with Gasteiger partial charge in [-0.3, -0.25) is 19.7 Å². The number of ether oxygens (including phenoxy) is 2. The SMILES string of the molecule is C=C(c1ccc([N+](=O)[O-])cc1)C(C(=O)OCC)C(=O)OCC. The van der Waals surface area contributed by atoms with Crippen molar-refractivity contribution in [2.75, 3.05) is 13.2 Å². The Kier molecular flexibility index (Phi) is 6.25. The Morgan fingerprint density at radius 2 is 1.59 bits per heavy atom. The highest BCUT2D eigenvalue weighted by Crippen LogP contribution is 2.26. The molecule has 0 unspecified atom stereocenters. The Bertz CT molecular complexity index is 560. The molecule has 0 aliphatic heterocycles. The maximum absolute atomic E-state index is 12.0. The second-order valence-electron chi connectivity index (χ2n) is 4.27. The summed E-state index contributed by atoms with van der Waals surface area (Å²) in [6.07, 6.45) is 0. The zero-order valence-electron chi connectivity index (χ0n) is 12.4. The quantitative estimate of drug-likeness (QED) is 0.332. The minimum absolute atomic E-state index is 0.0969. The summed E-state index contributed by atoms with van der Waals surface area (Å²) in [5, 5.41) is 10.6. The van der Waals surface area contributed by atoms with E-state index < -0.39 is 22.8 Å². The lowest BCUT2D eigenvalue weighted by atomic mass is 9.93. The number of benzene rings is 1. The van der Waals surface area contributed by atoms with Crippen LogP contribution in [0, 0.1) is 16.0 Å². The van der Waals surface area contributed by atoms with Gasteiger partial charge < -0.3 is 9.47 Å². The number of nitrogens with zero attached hydrogens (tertiary/aromatic N) is 1. The molecular formula is C15H17NO6. The van der Waals surface area contributed by atoms with Crippen LogP contribution in [0.25, 0.3) is 5.57 Å². The molecule has 0 heterocycles. The third-order valence-electron chi connectivity index (χ3n) is 2.84. The second-order valence-corrected chi connectivity index (χ2v) is 4.27. The molecule has 0 radical (unpaired) electrons. The molecule has 22 heavy (non-hydrogen) atoms. The predicted octanol–water partition coefficient (Wildman–Crippen LogP) is 2.35. The lowest BCUT2D eigenvalue weighted by Crippen LogP contribution is -2.29. The van der Waals surface area contributed by atoms with Gasteiger partial charge in [-0.05, 0) is 37.1 Å². The zero-order chi connectivity index (χ0) is 16.7. The first-order chi connectivity index (χ1) is 10.4. The van der Waals surface area contributed by atoms with E-state index >= 15 is 0 Å². The highest BCUT2D eigenvalue weighted by Gasteiger charge is 2.33. The number of carbonyl (C=O) groups is 2. The maximum atomic E-state index is 12.0. The summed E-state index contributed by atoms with van der Waals surface area (Å²) in [6.45, 7) is 7.20. The van der Waals surface area contributed by atoms with Crippen molar-refractivity contribution in [2.45, 2.75) is 13.8 Å². The first kappa shape index (κ1) is 17.4. The van der Waals surface area contributed by atoms with Crippen molar-refractivity contribution in [1.82, 2.24) is 0 Å². The van der Waals surface area contributed by atoms with E-state index in [9.17, 15) is 19.7 Å². The molecule has 0 N–H and O–H groups in total. The van der Waals surface area contributed by atoms with Crippen LogP contribution >= 0.6 is 0 Å². The van der Waals surface area contributed by atoms with E-state index in [2.05, 4.69) is 6.58 Å². The van der Waals surface area contributed by atoms with Crippen molar-refractivity contribution in [3.05, 3.63) is 46.5 Å². The van der Waals surface area contributed by atoms with Crippen molar-refractivity contribution in [1.29, 1.82) is 0 Å². The second kappa shape index (κ2) is 7.92. The van der Waals surface area contributed by atoms with Crippen LogP contribution in [0.5, 0.6) is 0 Å². The lowest BCUT2D eigenvalue weighted by molar-refractivity contribution is -0.384. The number of nitro benzene ring substituents is 1. The Balaban J connectivity index is 3.07. The fourth-order valence-electron chi connectivity index (χ4n) is 1.80. The van der Waals surface area contributed by atoms with Crippen molar-refractivity contribution >= 4 is 23.2 Å². The average Bonchev–Trinajstić information content (AvgIpc) is 2.48. The van der Waals surface area contributed by atoms with E-state index in [1.165, 1.54) is 24.3 Å². The monoisotopic (exact) mass is 307 g/mol. The van der Waals surface area contributed by atoms with Crippen LogP contribution in [0.15, 0.2) is 30.8 Å². The van der Waals surface area contributed by atoms with Gasteiger partial charge in [-0.1, -0.05) is 6.58 Å². The van der Waals surface area contributed by atoms with E-state index in [1.54, 1.807) is 13.8 Å². The predicted molar refractivity (Wildman–Crippen MR) is 78.9 cm³/mol. The minimum atomic E-state index is -1.29. The lowest BCUT2D eigenvalue weighted by Gasteiger charge is -2.16. The van der Waals surface area contributed by atoms with Crippen molar-refractivity contribution in [3.63, 3.8) is 0 Å². The summed E-state index contributed by atoms with van der Waals surface area (Å²) < 4.78 is 9.73. The molecular weight excluding hydrogens is 290 g/mol. The van der Waals surface area contributed by atoms with Gasteiger partial charge in [-0.2, -0.15) is 0 Å². The number of hydrogen-bond donors (Lipinski definition) is 0. The largest absolute Gasteiger partial charge is 0.465 e. The fourth-order valence-corrected chi connectivity index (χ4v) is 1.80. The van der Waals surface area contributed by atoms with Crippen LogP contribution in [0.4, 0.5) is 5.69 Å². The van der Waals surface area contributed by atoms with Crippen LogP contribution < -0.4 is 0 Å². The van der Waals surface area contributed by atoms with E-state index in [4.69, 9.17) is 9.47 Å². The number of carbonyl (C=O) groups excluding carboxylic acids is 2. The van der Waals surface area contributed by atoms with Gasteiger partial charge >= 0.3 is 11.9 Å². The van der Waals surface area contributed by atoms with Gasteiger partial charge in [-0.15, -0.1) is 0 Å². The van der Waals surface area contributed by atoms with Gasteiger partial charge in [-0.25, -0.2) is 0 Å². The van der Waals surface area contributed by atoms with Crippen molar-refractivity contribution < 1.29 is 24.0 Å². The molecule has 0 amide bonds.